The van der Waals surface area contributed by atoms with Crippen molar-refractivity contribution in [3.8, 4) is 0 Å². The fraction of sp³-hybridized carbons (Fsp3) is 1.00. The summed E-state index contributed by atoms with van der Waals surface area (Å²) in [6, 6.07) is 1.80. The number of rotatable bonds is 5. The van der Waals surface area contributed by atoms with E-state index in [2.05, 4.69) is 39.9 Å². The molecule has 1 heterocycles. The van der Waals surface area contributed by atoms with Crippen LogP contribution in [-0.2, 0) is 0 Å². The molecular formula is C27H47N. The van der Waals surface area contributed by atoms with Gasteiger partial charge in [-0.15, -0.1) is 0 Å². The summed E-state index contributed by atoms with van der Waals surface area (Å²) in [7, 11) is 0. The zero-order chi connectivity index (χ0) is 19.7. The molecule has 0 aromatic heterocycles. The van der Waals surface area contributed by atoms with Gasteiger partial charge < -0.3 is 5.32 Å². The van der Waals surface area contributed by atoms with Crippen LogP contribution in [0.4, 0.5) is 0 Å². The topological polar surface area (TPSA) is 21.9 Å². The zero-order valence-corrected chi connectivity index (χ0v) is 19.5. The van der Waals surface area contributed by atoms with Crippen molar-refractivity contribution in [1.82, 2.24) is 5.32 Å². The molecule has 0 spiro atoms. The van der Waals surface area contributed by atoms with Gasteiger partial charge in [-0.2, -0.15) is 0 Å². The van der Waals surface area contributed by atoms with E-state index in [1.54, 1.807) is 38.5 Å². The first kappa shape index (κ1) is 19.9. The molecule has 0 amide bonds. The van der Waals surface area contributed by atoms with Crippen LogP contribution in [0.2, 0.25) is 0 Å². The summed E-state index contributed by atoms with van der Waals surface area (Å²) in [4.78, 5) is 0. The average Bonchev–Trinajstić information content (AvgIpc) is 3.27. The number of hydrogen-bond acceptors (Lipinski definition) is 1. The zero-order valence-electron chi connectivity index (χ0n) is 19.5. The van der Waals surface area contributed by atoms with E-state index < -0.39 is 0 Å². The smallest absolute Gasteiger partial charge is 0.0230 e. The van der Waals surface area contributed by atoms with Crippen LogP contribution in [0, 0.1) is 52.3 Å². The molecule has 1 N–H and O–H groups in total. The summed E-state index contributed by atoms with van der Waals surface area (Å²) in [5.41, 5.74) is 1.33. The predicted octanol–water partition coefficient (Wildman–Crippen LogP) is 7.06. The quantitative estimate of drug-likeness (QED) is 0.503. The third-order valence-electron chi connectivity index (χ3n) is 11.3. The van der Waals surface area contributed by atoms with Crippen molar-refractivity contribution in [2.75, 3.05) is 0 Å². The fourth-order valence-electron chi connectivity index (χ4n) is 9.70. The maximum atomic E-state index is 3.81. The maximum Gasteiger partial charge on any atom is 0.0230 e. The molecule has 0 unspecified atom stereocenters. The second-order valence-corrected chi connectivity index (χ2v) is 13.0. The molecule has 28 heavy (non-hydrogen) atoms. The third kappa shape index (κ3) is 3.04. The normalized spacial score (nSPS) is 53.1. The Morgan fingerprint density at radius 3 is 2.43 bits per heavy atom. The van der Waals surface area contributed by atoms with Gasteiger partial charge >= 0.3 is 0 Å². The van der Waals surface area contributed by atoms with Gasteiger partial charge in [0.05, 0.1) is 0 Å². The Morgan fingerprint density at radius 2 is 1.64 bits per heavy atom. The van der Waals surface area contributed by atoms with Crippen molar-refractivity contribution in [2.45, 2.75) is 117 Å². The van der Waals surface area contributed by atoms with Gasteiger partial charge in [-0.25, -0.2) is 0 Å². The molecular weight excluding hydrogens is 338 g/mol. The first-order valence-corrected chi connectivity index (χ1v) is 13.1. The third-order valence-corrected chi connectivity index (χ3v) is 11.3. The van der Waals surface area contributed by atoms with E-state index in [-0.39, 0.29) is 0 Å². The highest BCUT2D eigenvalue weighted by atomic mass is 15.2. The van der Waals surface area contributed by atoms with Crippen LogP contribution in [0.3, 0.4) is 0 Å². The molecule has 4 aliphatic carbocycles. The Balaban J connectivity index is 1.30. The van der Waals surface area contributed by atoms with E-state index >= 15 is 0 Å². The average molecular weight is 386 g/mol. The monoisotopic (exact) mass is 385 g/mol. The largest absolute Gasteiger partial charge is 0.308 e. The Kier molecular flexibility index (Phi) is 4.97. The molecule has 0 aromatic rings. The van der Waals surface area contributed by atoms with Gasteiger partial charge in [0.1, 0.15) is 0 Å². The van der Waals surface area contributed by atoms with Gasteiger partial charge in [0.15, 0.2) is 0 Å². The second kappa shape index (κ2) is 7.00. The number of hydrogen-bond donors (Lipinski definition) is 1. The van der Waals surface area contributed by atoms with Crippen LogP contribution < -0.4 is 5.32 Å². The molecule has 160 valence electrons. The highest BCUT2D eigenvalue weighted by Gasteiger charge is 2.63. The van der Waals surface area contributed by atoms with Crippen LogP contribution in [0.1, 0.15) is 105 Å². The van der Waals surface area contributed by atoms with Crippen LogP contribution in [0.15, 0.2) is 0 Å². The molecule has 0 bridgehead atoms. The maximum absolute atomic E-state index is 3.81. The molecule has 1 saturated heterocycles. The second-order valence-electron chi connectivity index (χ2n) is 13.0. The Morgan fingerprint density at radius 1 is 0.857 bits per heavy atom. The first-order chi connectivity index (χ1) is 13.3. The SMILES string of the molecule is CC(C)CCC[C@@H](C)[C@H]1CC[C@H]2[C@@H]3CC[C@@H]4C[C@H]5N[C@@H]5C[C@]4(C)[C@H]3CC[C@]12C. The molecule has 5 aliphatic rings. The lowest BCUT2D eigenvalue weighted by molar-refractivity contribution is -0.110. The van der Waals surface area contributed by atoms with Gasteiger partial charge in [-0.1, -0.05) is 53.9 Å². The van der Waals surface area contributed by atoms with E-state index in [1.165, 1.54) is 32.1 Å². The van der Waals surface area contributed by atoms with Gasteiger partial charge in [0.25, 0.3) is 0 Å². The lowest BCUT2D eigenvalue weighted by Crippen LogP contribution is -2.54. The van der Waals surface area contributed by atoms with Crippen molar-refractivity contribution in [3.05, 3.63) is 0 Å². The number of nitrogens with one attached hydrogen (secondary N) is 1. The molecule has 1 heteroatoms. The van der Waals surface area contributed by atoms with Crippen LogP contribution >= 0.6 is 0 Å². The molecule has 1 aliphatic heterocycles. The summed E-state index contributed by atoms with van der Waals surface area (Å²) in [5.74, 6) is 7.01. The van der Waals surface area contributed by atoms with Crippen molar-refractivity contribution in [2.24, 2.45) is 52.3 Å². The standard InChI is InChI=1S/C27H47N/c1-17(2)7-6-8-18(3)21-11-12-22-20-10-9-19-15-24-25(28-24)16-27(19,5)23(20)13-14-26(21,22)4/h17-25,28H,6-16H2,1-5H3/t18-,19-,20+,21-,22+,23+,24-,25-,26-,27+/m1/s1. The summed E-state index contributed by atoms with van der Waals surface area (Å²) in [6.07, 6.45) is 16.7. The van der Waals surface area contributed by atoms with E-state index in [9.17, 15) is 0 Å². The summed E-state index contributed by atoms with van der Waals surface area (Å²) in [6.45, 7) is 12.9. The van der Waals surface area contributed by atoms with Crippen molar-refractivity contribution in [1.29, 1.82) is 0 Å². The highest BCUT2D eigenvalue weighted by Crippen LogP contribution is 2.69. The predicted molar refractivity (Wildman–Crippen MR) is 119 cm³/mol. The van der Waals surface area contributed by atoms with E-state index in [1.807, 2.05) is 0 Å². The van der Waals surface area contributed by atoms with Crippen molar-refractivity contribution < 1.29 is 0 Å². The lowest BCUT2D eigenvalue weighted by Gasteiger charge is -2.60. The summed E-state index contributed by atoms with van der Waals surface area (Å²) < 4.78 is 0. The molecule has 5 fully saturated rings. The summed E-state index contributed by atoms with van der Waals surface area (Å²) >= 11 is 0. The Hall–Kier alpha value is -0.0400. The van der Waals surface area contributed by atoms with Crippen LogP contribution in [0.25, 0.3) is 0 Å². The van der Waals surface area contributed by atoms with Gasteiger partial charge in [0, 0.05) is 12.1 Å². The van der Waals surface area contributed by atoms with Gasteiger partial charge in [0.2, 0.25) is 0 Å². The molecule has 0 radical (unpaired) electrons. The van der Waals surface area contributed by atoms with Crippen molar-refractivity contribution >= 4 is 0 Å². The lowest BCUT2D eigenvalue weighted by atomic mass is 9.44. The minimum Gasteiger partial charge on any atom is -0.308 e. The first-order valence-electron chi connectivity index (χ1n) is 13.1. The minimum absolute atomic E-state index is 0.663. The van der Waals surface area contributed by atoms with Gasteiger partial charge in [-0.3, -0.25) is 0 Å². The van der Waals surface area contributed by atoms with E-state index in [4.69, 9.17) is 0 Å². The van der Waals surface area contributed by atoms with E-state index in [0.29, 0.717) is 10.8 Å². The number of fused-ring (bicyclic) bond motifs is 6. The molecule has 5 rings (SSSR count). The van der Waals surface area contributed by atoms with Crippen LogP contribution in [-0.4, -0.2) is 12.1 Å². The molecule has 4 saturated carbocycles. The van der Waals surface area contributed by atoms with Gasteiger partial charge in [-0.05, 0) is 104 Å². The molecule has 10 atom stereocenters. The Bertz CT molecular complexity index is 583. The van der Waals surface area contributed by atoms with Crippen LogP contribution in [0.5, 0.6) is 0 Å². The summed E-state index contributed by atoms with van der Waals surface area (Å²) in [5, 5.41) is 3.81. The Labute approximate surface area is 175 Å². The fourth-order valence-corrected chi connectivity index (χ4v) is 9.70. The molecule has 0 aromatic carbocycles. The van der Waals surface area contributed by atoms with Crippen molar-refractivity contribution in [3.63, 3.8) is 0 Å². The minimum atomic E-state index is 0.663. The highest BCUT2D eigenvalue weighted by molar-refractivity contribution is 5.15. The van der Waals surface area contributed by atoms with E-state index in [0.717, 1.165) is 53.5 Å². The molecule has 1 nitrogen and oxygen atoms in total.